The molecule has 0 saturated heterocycles. The molecule has 0 amide bonds. The Kier molecular flexibility index (Phi) is 5.63. The molecule has 4 rings (SSSR count). The summed E-state index contributed by atoms with van der Waals surface area (Å²) < 4.78 is 8.14. The van der Waals surface area contributed by atoms with Crippen LogP contribution in [0.1, 0.15) is 18.4 Å². The monoisotopic (exact) mass is 390 g/mol. The predicted octanol–water partition coefficient (Wildman–Crippen LogP) is 6.52. The number of imidazole rings is 1. The van der Waals surface area contributed by atoms with Crippen molar-refractivity contribution in [1.29, 1.82) is 0 Å². The number of benzene rings is 3. The molecular weight excluding hydrogens is 368 g/mol. The molecule has 0 bridgehead atoms. The lowest BCUT2D eigenvalue weighted by atomic mass is 10.1. The molecule has 0 spiro atoms. The van der Waals surface area contributed by atoms with E-state index in [4.69, 9.17) is 21.3 Å². The predicted molar refractivity (Wildman–Crippen MR) is 116 cm³/mol. The number of para-hydroxylation sites is 2. The molecule has 0 radical (unpaired) electrons. The zero-order valence-corrected chi connectivity index (χ0v) is 16.7. The number of aryl methyl sites for hydroxylation is 2. The highest BCUT2D eigenvalue weighted by molar-refractivity contribution is 6.30. The summed E-state index contributed by atoms with van der Waals surface area (Å²) in [6, 6.07) is 24.4. The molecule has 3 aromatic carbocycles. The van der Waals surface area contributed by atoms with E-state index in [-0.39, 0.29) is 0 Å². The third-order valence-electron chi connectivity index (χ3n) is 4.79. The van der Waals surface area contributed by atoms with Gasteiger partial charge in [0.1, 0.15) is 11.6 Å². The first kappa shape index (κ1) is 18.6. The van der Waals surface area contributed by atoms with Crippen molar-refractivity contribution in [3.63, 3.8) is 0 Å². The van der Waals surface area contributed by atoms with Gasteiger partial charge >= 0.3 is 0 Å². The van der Waals surface area contributed by atoms with Gasteiger partial charge in [-0.15, -0.1) is 0 Å². The Balaban J connectivity index is 1.46. The molecule has 0 unspecified atom stereocenters. The number of aromatic nitrogens is 2. The van der Waals surface area contributed by atoms with Crippen molar-refractivity contribution in [3.8, 4) is 17.1 Å². The first-order valence-corrected chi connectivity index (χ1v) is 9.99. The lowest BCUT2D eigenvalue weighted by Crippen LogP contribution is -2.04. The molecule has 0 aliphatic carbocycles. The highest BCUT2D eigenvalue weighted by atomic mass is 35.5. The summed E-state index contributed by atoms with van der Waals surface area (Å²) in [5, 5.41) is 0.725. The summed E-state index contributed by atoms with van der Waals surface area (Å²) in [6.07, 6.45) is 2.00. The van der Waals surface area contributed by atoms with Gasteiger partial charge in [0.2, 0.25) is 0 Å². The molecule has 0 aliphatic heterocycles. The zero-order chi connectivity index (χ0) is 19.3. The Morgan fingerprint density at radius 2 is 1.75 bits per heavy atom. The van der Waals surface area contributed by atoms with Crippen LogP contribution in [0.2, 0.25) is 5.02 Å². The number of rotatable bonds is 7. The van der Waals surface area contributed by atoms with Crippen molar-refractivity contribution >= 4 is 22.6 Å². The van der Waals surface area contributed by atoms with Crippen molar-refractivity contribution in [2.45, 2.75) is 26.3 Å². The van der Waals surface area contributed by atoms with Gasteiger partial charge in [-0.2, -0.15) is 0 Å². The van der Waals surface area contributed by atoms with Gasteiger partial charge in [-0.25, -0.2) is 4.98 Å². The van der Waals surface area contributed by atoms with Crippen molar-refractivity contribution in [2.75, 3.05) is 6.61 Å². The molecule has 0 saturated carbocycles. The first-order chi connectivity index (χ1) is 13.7. The van der Waals surface area contributed by atoms with Crippen LogP contribution >= 0.6 is 11.6 Å². The molecular formula is C24H23ClN2O. The molecule has 4 heteroatoms. The number of hydrogen-bond donors (Lipinski definition) is 0. The molecule has 0 fully saturated rings. The smallest absolute Gasteiger partial charge is 0.141 e. The van der Waals surface area contributed by atoms with Gasteiger partial charge in [0, 0.05) is 17.1 Å². The van der Waals surface area contributed by atoms with Crippen molar-refractivity contribution in [2.24, 2.45) is 0 Å². The first-order valence-electron chi connectivity index (χ1n) is 9.61. The molecule has 0 aliphatic rings. The number of nitrogens with zero attached hydrogens (tertiary/aromatic N) is 2. The summed E-state index contributed by atoms with van der Waals surface area (Å²) >= 11 is 5.91. The van der Waals surface area contributed by atoms with E-state index in [1.54, 1.807) is 0 Å². The molecule has 3 nitrogen and oxygen atoms in total. The Bertz CT molecular complexity index is 1070. The van der Waals surface area contributed by atoms with E-state index in [0.717, 1.165) is 47.1 Å². The van der Waals surface area contributed by atoms with Crippen LogP contribution in [-0.2, 0) is 6.54 Å². The third-order valence-corrected chi connectivity index (χ3v) is 5.04. The standard InChI is InChI=1S/C24H23ClN2O/c1-18-7-6-8-19(17-18)24-26-22-9-2-3-10-23(22)27(24)15-4-5-16-28-21-13-11-20(25)12-14-21/h2-3,6-14,17H,4-5,15-16H2,1H3. The van der Waals surface area contributed by atoms with Crippen LogP contribution in [0.25, 0.3) is 22.4 Å². The molecule has 0 N–H and O–H groups in total. The highest BCUT2D eigenvalue weighted by Crippen LogP contribution is 2.26. The van der Waals surface area contributed by atoms with Gasteiger partial charge in [-0.1, -0.05) is 47.5 Å². The van der Waals surface area contributed by atoms with E-state index in [0.29, 0.717) is 6.61 Å². The molecule has 4 aromatic rings. The maximum atomic E-state index is 5.91. The summed E-state index contributed by atoms with van der Waals surface area (Å²) in [6.45, 7) is 3.71. The lowest BCUT2D eigenvalue weighted by molar-refractivity contribution is 0.303. The molecule has 28 heavy (non-hydrogen) atoms. The minimum Gasteiger partial charge on any atom is -0.494 e. The van der Waals surface area contributed by atoms with Crippen LogP contribution in [-0.4, -0.2) is 16.2 Å². The summed E-state index contributed by atoms with van der Waals surface area (Å²) in [5.74, 6) is 1.89. The van der Waals surface area contributed by atoms with Gasteiger partial charge in [-0.05, 0) is 62.2 Å². The fraction of sp³-hybridized carbons (Fsp3) is 0.208. The Morgan fingerprint density at radius 3 is 2.57 bits per heavy atom. The number of halogens is 1. The van der Waals surface area contributed by atoms with Crippen LogP contribution in [0.15, 0.2) is 72.8 Å². The van der Waals surface area contributed by atoms with Gasteiger partial charge in [0.15, 0.2) is 0 Å². The maximum Gasteiger partial charge on any atom is 0.141 e. The fourth-order valence-electron chi connectivity index (χ4n) is 3.40. The second-order valence-corrected chi connectivity index (χ2v) is 7.39. The van der Waals surface area contributed by atoms with Gasteiger partial charge in [0.25, 0.3) is 0 Å². The van der Waals surface area contributed by atoms with E-state index >= 15 is 0 Å². The summed E-state index contributed by atoms with van der Waals surface area (Å²) in [7, 11) is 0. The Morgan fingerprint density at radius 1 is 0.929 bits per heavy atom. The molecule has 1 aromatic heterocycles. The number of fused-ring (bicyclic) bond motifs is 1. The quantitative estimate of drug-likeness (QED) is 0.335. The van der Waals surface area contributed by atoms with Crippen LogP contribution in [0, 0.1) is 6.92 Å². The normalized spacial score (nSPS) is 11.1. The number of unbranched alkanes of at least 4 members (excludes halogenated alkanes) is 1. The SMILES string of the molecule is Cc1cccc(-c2nc3ccccc3n2CCCCOc2ccc(Cl)cc2)c1. The number of ether oxygens (including phenoxy) is 1. The second-order valence-electron chi connectivity index (χ2n) is 6.95. The van der Waals surface area contributed by atoms with Gasteiger partial charge in [0.05, 0.1) is 17.6 Å². The minimum absolute atomic E-state index is 0.689. The largest absolute Gasteiger partial charge is 0.494 e. The Hall–Kier alpha value is -2.78. The van der Waals surface area contributed by atoms with E-state index in [9.17, 15) is 0 Å². The average Bonchev–Trinajstić information content (AvgIpc) is 3.08. The summed E-state index contributed by atoms with van der Waals surface area (Å²) in [4.78, 5) is 4.90. The van der Waals surface area contributed by atoms with E-state index < -0.39 is 0 Å². The average molecular weight is 391 g/mol. The Labute approximate surface area is 170 Å². The fourth-order valence-corrected chi connectivity index (χ4v) is 3.53. The zero-order valence-electron chi connectivity index (χ0n) is 15.9. The highest BCUT2D eigenvalue weighted by Gasteiger charge is 2.12. The van der Waals surface area contributed by atoms with Crippen molar-refractivity contribution in [1.82, 2.24) is 9.55 Å². The summed E-state index contributed by atoms with van der Waals surface area (Å²) in [5.41, 5.74) is 4.62. The van der Waals surface area contributed by atoms with Crippen LogP contribution < -0.4 is 4.74 Å². The molecule has 0 atom stereocenters. The lowest BCUT2D eigenvalue weighted by Gasteiger charge is -2.11. The third kappa shape index (κ3) is 4.20. The molecule has 142 valence electrons. The van der Waals surface area contributed by atoms with Crippen LogP contribution in [0.5, 0.6) is 5.75 Å². The van der Waals surface area contributed by atoms with E-state index in [1.807, 2.05) is 30.3 Å². The molecule has 1 heterocycles. The van der Waals surface area contributed by atoms with E-state index in [2.05, 4.69) is 54.0 Å². The minimum atomic E-state index is 0.689. The van der Waals surface area contributed by atoms with Crippen LogP contribution in [0.3, 0.4) is 0 Å². The van der Waals surface area contributed by atoms with Crippen molar-refractivity contribution < 1.29 is 4.74 Å². The van der Waals surface area contributed by atoms with Gasteiger partial charge < -0.3 is 9.30 Å². The van der Waals surface area contributed by atoms with Crippen molar-refractivity contribution in [3.05, 3.63) is 83.4 Å². The van der Waals surface area contributed by atoms with E-state index in [1.165, 1.54) is 11.1 Å². The topological polar surface area (TPSA) is 27.1 Å². The van der Waals surface area contributed by atoms with Gasteiger partial charge in [-0.3, -0.25) is 0 Å². The van der Waals surface area contributed by atoms with Crippen LogP contribution in [0.4, 0.5) is 0 Å². The second kappa shape index (κ2) is 8.49. The maximum absolute atomic E-state index is 5.91. The number of hydrogen-bond acceptors (Lipinski definition) is 2.